The predicted octanol–water partition coefficient (Wildman–Crippen LogP) is 0.419. The van der Waals surface area contributed by atoms with E-state index in [2.05, 4.69) is 0 Å². The van der Waals surface area contributed by atoms with E-state index in [1.165, 1.54) is 31.3 Å². The SMILES string of the molecule is CO[C@H]1CN(C(=O)OC(C)(C)C)CC[C@@H](c2ccccc2)OC(=O)C[C@@]2(O)O[C@H]([C@@H](O)[C@H](O)[C@H]2O)[C@@H](O)/C=C/[C@H]1OC. The minimum absolute atomic E-state index is 0.00692. The maximum atomic E-state index is 13.3. The molecule has 0 aliphatic carbocycles. The van der Waals surface area contributed by atoms with Crippen LogP contribution in [0.15, 0.2) is 42.5 Å². The molecule has 1 aromatic rings. The second-order valence-electron chi connectivity index (χ2n) is 11.5. The molecule has 1 saturated heterocycles. The molecule has 0 aromatic heterocycles. The zero-order chi connectivity index (χ0) is 31.2. The van der Waals surface area contributed by atoms with Gasteiger partial charge >= 0.3 is 12.1 Å². The highest BCUT2D eigenvalue weighted by molar-refractivity contribution is 5.71. The molecule has 0 radical (unpaired) electrons. The Balaban J connectivity index is 2.05. The van der Waals surface area contributed by atoms with Gasteiger partial charge in [-0.3, -0.25) is 4.79 Å². The molecule has 1 amide bonds. The van der Waals surface area contributed by atoms with E-state index < -0.39 is 78.7 Å². The Bertz CT molecular complexity index is 1060. The van der Waals surface area contributed by atoms with E-state index in [0.717, 1.165) is 0 Å². The molecular formula is C29H43NO12. The van der Waals surface area contributed by atoms with Gasteiger partial charge in [0, 0.05) is 27.2 Å². The monoisotopic (exact) mass is 597 g/mol. The van der Waals surface area contributed by atoms with Crippen LogP contribution >= 0.6 is 0 Å². The number of hydrogen-bond donors (Lipinski definition) is 5. The molecule has 9 atom stereocenters. The predicted molar refractivity (Wildman–Crippen MR) is 147 cm³/mol. The lowest BCUT2D eigenvalue weighted by atomic mass is 9.88. The Morgan fingerprint density at radius 2 is 1.69 bits per heavy atom. The molecular weight excluding hydrogens is 554 g/mol. The first-order valence-electron chi connectivity index (χ1n) is 13.8. The summed E-state index contributed by atoms with van der Waals surface area (Å²) in [6.07, 6.45) is -10.5. The number of aliphatic hydroxyl groups is 5. The Labute approximate surface area is 245 Å². The maximum absolute atomic E-state index is 13.3. The van der Waals surface area contributed by atoms with E-state index in [-0.39, 0.29) is 19.5 Å². The van der Waals surface area contributed by atoms with Gasteiger partial charge in [-0.25, -0.2) is 4.79 Å². The van der Waals surface area contributed by atoms with Crippen LogP contribution < -0.4 is 0 Å². The van der Waals surface area contributed by atoms with Crippen LogP contribution in [0.1, 0.15) is 45.3 Å². The van der Waals surface area contributed by atoms with Gasteiger partial charge < -0.3 is 54.1 Å². The normalized spacial score (nSPS) is 36.1. The molecule has 1 fully saturated rings. The highest BCUT2D eigenvalue weighted by Crippen LogP contribution is 2.34. The van der Waals surface area contributed by atoms with Crippen LogP contribution in [0, 0.1) is 0 Å². The van der Waals surface area contributed by atoms with Gasteiger partial charge in [-0.15, -0.1) is 0 Å². The average molecular weight is 598 g/mol. The first-order chi connectivity index (χ1) is 19.7. The fraction of sp³-hybridized carbons (Fsp3) is 0.655. The maximum Gasteiger partial charge on any atom is 0.410 e. The van der Waals surface area contributed by atoms with Crippen LogP contribution in [0.2, 0.25) is 0 Å². The van der Waals surface area contributed by atoms with Gasteiger partial charge in [0.1, 0.15) is 60.9 Å². The van der Waals surface area contributed by atoms with Gasteiger partial charge in [0.05, 0.1) is 6.54 Å². The second kappa shape index (κ2) is 14.2. The van der Waals surface area contributed by atoms with Gasteiger partial charge in [-0.05, 0) is 26.3 Å². The fourth-order valence-corrected chi connectivity index (χ4v) is 4.88. The number of ether oxygens (including phenoxy) is 5. The number of carbonyl (C=O) groups excluding carboxylic acids is 2. The van der Waals surface area contributed by atoms with E-state index in [9.17, 15) is 35.1 Å². The van der Waals surface area contributed by atoms with Gasteiger partial charge in [0.2, 0.25) is 5.79 Å². The van der Waals surface area contributed by atoms with Crippen molar-refractivity contribution in [1.29, 1.82) is 0 Å². The van der Waals surface area contributed by atoms with Crippen molar-refractivity contribution >= 4 is 12.1 Å². The third kappa shape index (κ3) is 8.48. The van der Waals surface area contributed by atoms with Gasteiger partial charge in [-0.1, -0.05) is 42.5 Å². The van der Waals surface area contributed by atoms with Crippen LogP contribution in [-0.2, 0) is 28.5 Å². The van der Waals surface area contributed by atoms with Gasteiger partial charge in [-0.2, -0.15) is 0 Å². The average Bonchev–Trinajstić information content (AvgIpc) is 2.93. The Morgan fingerprint density at radius 1 is 1.02 bits per heavy atom. The first-order valence-corrected chi connectivity index (χ1v) is 13.8. The Kier molecular flexibility index (Phi) is 11.5. The molecule has 13 nitrogen and oxygen atoms in total. The summed E-state index contributed by atoms with van der Waals surface area (Å²) in [6.45, 7) is 5.24. The summed E-state index contributed by atoms with van der Waals surface area (Å²) in [5.41, 5.74) is -0.206. The Morgan fingerprint density at radius 3 is 2.29 bits per heavy atom. The van der Waals surface area contributed by atoms with Crippen LogP contribution in [0.25, 0.3) is 0 Å². The number of esters is 1. The van der Waals surface area contributed by atoms with E-state index >= 15 is 0 Å². The third-order valence-corrected chi connectivity index (χ3v) is 7.14. The molecule has 5 N–H and O–H groups in total. The number of methoxy groups -OCH3 is 2. The molecule has 3 rings (SSSR count). The van der Waals surface area contributed by atoms with Crippen molar-refractivity contribution in [2.45, 2.75) is 93.8 Å². The van der Waals surface area contributed by atoms with E-state index in [1.54, 1.807) is 51.1 Å². The van der Waals surface area contributed by atoms with E-state index in [0.29, 0.717) is 5.56 Å². The lowest BCUT2D eigenvalue weighted by molar-refractivity contribution is -0.354. The van der Waals surface area contributed by atoms with Crippen LogP contribution in [0.3, 0.4) is 0 Å². The minimum Gasteiger partial charge on any atom is -0.457 e. The van der Waals surface area contributed by atoms with Crippen molar-refractivity contribution in [3.8, 4) is 0 Å². The van der Waals surface area contributed by atoms with Crippen molar-refractivity contribution in [1.82, 2.24) is 4.90 Å². The first kappa shape index (κ1) is 33.9. The number of aliphatic hydroxyl groups excluding tert-OH is 4. The van der Waals surface area contributed by atoms with Gasteiger partial charge in [0.15, 0.2) is 0 Å². The number of carbonyl (C=O) groups is 2. The lowest BCUT2D eigenvalue weighted by Gasteiger charge is -2.46. The summed E-state index contributed by atoms with van der Waals surface area (Å²) in [5.74, 6) is -3.70. The molecule has 2 bridgehead atoms. The molecule has 13 heteroatoms. The fourth-order valence-electron chi connectivity index (χ4n) is 4.88. The highest BCUT2D eigenvalue weighted by Gasteiger charge is 2.55. The van der Waals surface area contributed by atoms with Crippen LogP contribution in [0.4, 0.5) is 4.79 Å². The number of cyclic esters (lactones) is 1. The molecule has 236 valence electrons. The number of fused-ring (bicyclic) bond motifs is 2. The summed E-state index contributed by atoms with van der Waals surface area (Å²) in [7, 11) is 2.83. The summed E-state index contributed by atoms with van der Waals surface area (Å²) >= 11 is 0. The quantitative estimate of drug-likeness (QED) is 0.239. The molecule has 2 heterocycles. The standard InChI is InChI=1S/C29H43NO12/c1-28(2,3)42-27(36)30-14-13-19(17-9-7-6-8-10-17)40-22(32)15-29(37)26(35)24(34)23(33)25(41-29)18(31)11-12-20(38-4)21(16-30)39-5/h6-12,18-21,23-26,31,33-35,37H,13-16H2,1-5H3/b12-11+/t18-,19-,20+,21-,23-,24-,25-,26+,29+/m0/s1. The smallest absolute Gasteiger partial charge is 0.410 e. The summed E-state index contributed by atoms with van der Waals surface area (Å²) < 4.78 is 28.0. The van der Waals surface area contributed by atoms with Crippen LogP contribution in [-0.4, -0.2) is 124 Å². The molecule has 2 aliphatic heterocycles. The van der Waals surface area contributed by atoms with Crippen LogP contribution in [0.5, 0.6) is 0 Å². The zero-order valence-corrected chi connectivity index (χ0v) is 24.5. The molecule has 0 saturated carbocycles. The minimum atomic E-state index is -2.70. The molecule has 0 unspecified atom stereocenters. The number of rotatable bonds is 3. The van der Waals surface area contributed by atoms with E-state index in [1.807, 2.05) is 0 Å². The number of amides is 1. The molecule has 1 aromatic carbocycles. The largest absolute Gasteiger partial charge is 0.457 e. The molecule has 2 aliphatic rings. The molecule has 42 heavy (non-hydrogen) atoms. The van der Waals surface area contributed by atoms with Crippen molar-refractivity contribution in [3.63, 3.8) is 0 Å². The Hall–Kier alpha value is -2.62. The van der Waals surface area contributed by atoms with Crippen molar-refractivity contribution < 1.29 is 58.8 Å². The van der Waals surface area contributed by atoms with Crippen molar-refractivity contribution in [3.05, 3.63) is 48.0 Å². The van der Waals surface area contributed by atoms with E-state index in [4.69, 9.17) is 23.7 Å². The topological polar surface area (TPSA) is 185 Å². The number of nitrogens with zero attached hydrogens (tertiary/aromatic N) is 1. The van der Waals surface area contributed by atoms with Crippen molar-refractivity contribution in [2.75, 3.05) is 27.3 Å². The second-order valence-corrected chi connectivity index (χ2v) is 11.5. The third-order valence-electron chi connectivity index (χ3n) is 7.14. The number of hydrogen-bond acceptors (Lipinski definition) is 12. The lowest BCUT2D eigenvalue weighted by Crippen LogP contribution is -2.67. The highest BCUT2D eigenvalue weighted by atomic mass is 16.7. The zero-order valence-electron chi connectivity index (χ0n) is 24.5. The summed E-state index contributed by atoms with van der Waals surface area (Å²) in [5, 5.41) is 53.5. The number of benzene rings is 1. The van der Waals surface area contributed by atoms with Crippen molar-refractivity contribution in [2.24, 2.45) is 0 Å². The summed E-state index contributed by atoms with van der Waals surface area (Å²) in [4.78, 5) is 27.8. The van der Waals surface area contributed by atoms with Gasteiger partial charge in [0.25, 0.3) is 0 Å². The molecule has 0 spiro atoms. The summed E-state index contributed by atoms with van der Waals surface area (Å²) in [6, 6.07) is 8.73.